The Kier molecular flexibility index (Phi) is 2.00. The van der Waals surface area contributed by atoms with E-state index in [1.807, 2.05) is 18.1 Å². The van der Waals surface area contributed by atoms with Crippen LogP contribution >= 0.6 is 11.9 Å². The van der Waals surface area contributed by atoms with Crippen molar-refractivity contribution in [2.24, 2.45) is 0 Å². The summed E-state index contributed by atoms with van der Waals surface area (Å²) in [7, 11) is 0. The largest absolute Gasteiger partial charge is 0.278 e. The molecule has 1 aliphatic heterocycles. The Hall–Kier alpha value is -1.000. The summed E-state index contributed by atoms with van der Waals surface area (Å²) in [5.41, 5.74) is 3.99. The summed E-state index contributed by atoms with van der Waals surface area (Å²) in [6, 6.07) is 2.21. The molecule has 1 aliphatic rings. The molecule has 0 aliphatic carbocycles. The Morgan fingerprint density at radius 3 is 3.27 bits per heavy atom. The fourth-order valence-corrected chi connectivity index (χ4v) is 3.17. The fraction of sp³-hybridized carbons (Fsp3) is 0.364. The highest BCUT2D eigenvalue weighted by molar-refractivity contribution is 7.97. The maximum atomic E-state index is 4.09. The summed E-state index contributed by atoms with van der Waals surface area (Å²) in [5.74, 6) is 0. The molecule has 1 N–H and O–H groups in total. The first-order valence-corrected chi connectivity index (χ1v) is 5.95. The molecule has 2 aromatic rings. The van der Waals surface area contributed by atoms with Crippen LogP contribution in [0, 0.1) is 6.92 Å². The van der Waals surface area contributed by atoms with Gasteiger partial charge in [0.2, 0.25) is 0 Å². The summed E-state index contributed by atoms with van der Waals surface area (Å²) in [6.07, 6.45) is 1.92. The van der Waals surface area contributed by atoms with Crippen LogP contribution in [0.4, 0.5) is 0 Å². The number of nitrogens with zero attached hydrogens (tertiary/aromatic N) is 2. The maximum absolute atomic E-state index is 4.09. The molecule has 1 aromatic heterocycles. The van der Waals surface area contributed by atoms with Gasteiger partial charge in [0.25, 0.3) is 0 Å². The minimum atomic E-state index is 1.06. The minimum absolute atomic E-state index is 1.06. The van der Waals surface area contributed by atoms with E-state index in [9.17, 15) is 0 Å². The number of fused-ring (bicyclic) bond motifs is 2. The molecule has 3 nitrogen and oxygen atoms in total. The number of hydrogen-bond acceptors (Lipinski definition) is 3. The molecule has 0 unspecified atom stereocenters. The molecular weight excluding hydrogens is 206 g/mol. The number of aromatic nitrogens is 2. The van der Waals surface area contributed by atoms with Crippen LogP contribution in [0.5, 0.6) is 0 Å². The van der Waals surface area contributed by atoms with Gasteiger partial charge < -0.3 is 0 Å². The van der Waals surface area contributed by atoms with E-state index < -0.39 is 0 Å². The van der Waals surface area contributed by atoms with E-state index in [-0.39, 0.29) is 0 Å². The van der Waals surface area contributed by atoms with Crippen LogP contribution in [0.2, 0.25) is 0 Å². The van der Waals surface area contributed by atoms with Crippen LogP contribution in [-0.2, 0) is 6.54 Å². The van der Waals surface area contributed by atoms with Gasteiger partial charge in [0.15, 0.2) is 0 Å². The van der Waals surface area contributed by atoms with Crippen molar-refractivity contribution in [3.05, 3.63) is 23.4 Å². The minimum Gasteiger partial charge on any atom is -0.278 e. The van der Waals surface area contributed by atoms with Crippen LogP contribution in [0.25, 0.3) is 10.9 Å². The second-order valence-corrected chi connectivity index (χ2v) is 5.00. The maximum Gasteiger partial charge on any atom is 0.0664 e. The molecule has 0 spiro atoms. The lowest BCUT2D eigenvalue weighted by Crippen LogP contribution is -2.08. The van der Waals surface area contributed by atoms with Gasteiger partial charge in [0.05, 0.1) is 11.7 Å². The van der Waals surface area contributed by atoms with E-state index in [0.29, 0.717) is 0 Å². The first kappa shape index (κ1) is 9.24. The molecule has 0 atom stereocenters. The third-order valence-electron chi connectivity index (χ3n) is 3.01. The number of nitrogens with one attached hydrogen (secondary N) is 1. The molecule has 2 heterocycles. The van der Waals surface area contributed by atoms with Crippen LogP contribution in [0.3, 0.4) is 0 Å². The summed E-state index contributed by atoms with van der Waals surface area (Å²) >= 11 is 1.85. The van der Waals surface area contributed by atoms with E-state index in [4.69, 9.17) is 0 Å². The van der Waals surface area contributed by atoms with Crippen molar-refractivity contribution in [3.63, 3.8) is 0 Å². The molecule has 78 valence electrons. The number of benzene rings is 1. The van der Waals surface area contributed by atoms with Gasteiger partial charge in [-0.15, -0.1) is 0 Å². The average molecular weight is 219 g/mol. The van der Waals surface area contributed by atoms with Crippen LogP contribution < -0.4 is 0 Å². The first-order chi connectivity index (χ1) is 7.29. The van der Waals surface area contributed by atoms with Crippen LogP contribution in [0.1, 0.15) is 18.1 Å². The predicted octanol–water partition coefficient (Wildman–Crippen LogP) is 2.71. The van der Waals surface area contributed by atoms with Crippen molar-refractivity contribution in [2.45, 2.75) is 25.3 Å². The third-order valence-corrected chi connectivity index (χ3v) is 4.22. The molecule has 3 rings (SSSR count). The van der Waals surface area contributed by atoms with Gasteiger partial charge in [-0.25, -0.2) is 4.31 Å². The van der Waals surface area contributed by atoms with E-state index in [0.717, 1.165) is 18.6 Å². The summed E-state index contributed by atoms with van der Waals surface area (Å²) < 4.78 is 2.38. The van der Waals surface area contributed by atoms with Gasteiger partial charge >= 0.3 is 0 Å². The van der Waals surface area contributed by atoms with E-state index in [2.05, 4.69) is 34.4 Å². The van der Waals surface area contributed by atoms with Crippen LogP contribution in [-0.4, -0.2) is 21.0 Å². The lowest BCUT2D eigenvalue weighted by Gasteiger charge is -2.08. The van der Waals surface area contributed by atoms with Crippen molar-refractivity contribution in [1.82, 2.24) is 14.5 Å². The van der Waals surface area contributed by atoms with Gasteiger partial charge in [0.1, 0.15) is 0 Å². The van der Waals surface area contributed by atoms with Crippen molar-refractivity contribution in [3.8, 4) is 0 Å². The number of rotatable bonds is 1. The zero-order valence-electron chi connectivity index (χ0n) is 8.87. The van der Waals surface area contributed by atoms with Crippen molar-refractivity contribution >= 4 is 22.9 Å². The Morgan fingerprint density at radius 2 is 2.47 bits per heavy atom. The second-order valence-electron chi connectivity index (χ2n) is 3.86. The van der Waals surface area contributed by atoms with Crippen LogP contribution in [0.15, 0.2) is 17.2 Å². The van der Waals surface area contributed by atoms with Gasteiger partial charge in [0, 0.05) is 23.4 Å². The zero-order chi connectivity index (χ0) is 10.4. The summed E-state index contributed by atoms with van der Waals surface area (Å²) in [5, 5.41) is 8.39. The number of hydrogen-bond donors (Lipinski definition) is 1. The lowest BCUT2D eigenvalue weighted by molar-refractivity contribution is 0.506. The van der Waals surface area contributed by atoms with E-state index in [1.54, 1.807) is 0 Å². The summed E-state index contributed by atoms with van der Waals surface area (Å²) in [6.45, 7) is 6.53. The average Bonchev–Trinajstić information content (AvgIpc) is 2.83. The Bertz CT molecular complexity index is 518. The fourth-order valence-electron chi connectivity index (χ4n) is 2.07. The van der Waals surface area contributed by atoms with Gasteiger partial charge in [-0.1, -0.05) is 6.92 Å². The molecule has 0 saturated carbocycles. The molecule has 0 bridgehead atoms. The summed E-state index contributed by atoms with van der Waals surface area (Å²) in [4.78, 5) is 1.38. The Labute approximate surface area is 93.0 Å². The highest BCUT2D eigenvalue weighted by Gasteiger charge is 2.22. The van der Waals surface area contributed by atoms with E-state index in [1.165, 1.54) is 21.4 Å². The monoisotopic (exact) mass is 219 g/mol. The van der Waals surface area contributed by atoms with Gasteiger partial charge in [-0.05, 0) is 36.1 Å². The third kappa shape index (κ3) is 1.28. The molecule has 0 radical (unpaired) electrons. The first-order valence-electron chi connectivity index (χ1n) is 5.18. The molecule has 15 heavy (non-hydrogen) atoms. The lowest BCUT2D eigenvalue weighted by atomic mass is 10.0. The molecule has 0 amide bonds. The SMILES string of the molecule is CCN1Cc2c(cc3[nH]ncc3c2C)S1. The topological polar surface area (TPSA) is 31.9 Å². The van der Waals surface area contributed by atoms with E-state index >= 15 is 0 Å². The molecule has 4 heteroatoms. The second kappa shape index (κ2) is 3.25. The molecule has 1 aromatic carbocycles. The standard InChI is InChI=1S/C11H13N3S/c1-3-14-6-9-7(2)8-5-12-13-10(8)4-11(9)15-14/h4-5H,3,6H2,1-2H3,(H,12,13). The quantitative estimate of drug-likeness (QED) is 0.748. The predicted molar refractivity (Wildman–Crippen MR) is 62.8 cm³/mol. The Morgan fingerprint density at radius 1 is 1.60 bits per heavy atom. The van der Waals surface area contributed by atoms with Crippen molar-refractivity contribution < 1.29 is 0 Å². The smallest absolute Gasteiger partial charge is 0.0664 e. The number of aromatic amines is 1. The zero-order valence-corrected chi connectivity index (χ0v) is 9.69. The molecule has 0 fully saturated rings. The highest BCUT2D eigenvalue weighted by atomic mass is 32.2. The number of aryl methyl sites for hydroxylation is 1. The van der Waals surface area contributed by atoms with Gasteiger partial charge in [-0.2, -0.15) is 5.10 Å². The van der Waals surface area contributed by atoms with Crippen molar-refractivity contribution in [1.29, 1.82) is 0 Å². The van der Waals surface area contributed by atoms with Gasteiger partial charge in [-0.3, -0.25) is 5.10 Å². The molecular formula is C11H13N3S. The molecule has 0 saturated heterocycles. The van der Waals surface area contributed by atoms with Crippen molar-refractivity contribution in [2.75, 3.05) is 6.54 Å². The number of H-pyrrole nitrogens is 1. The Balaban J connectivity index is 2.21. The highest BCUT2D eigenvalue weighted by Crippen LogP contribution is 2.39. The normalized spacial score (nSPS) is 16.1.